The van der Waals surface area contributed by atoms with Crippen molar-refractivity contribution in [3.63, 3.8) is 0 Å². The minimum atomic E-state index is -0.314. The van der Waals surface area contributed by atoms with Crippen molar-refractivity contribution in [2.45, 2.75) is 39.3 Å². The molecule has 10 heteroatoms. The van der Waals surface area contributed by atoms with Crippen molar-refractivity contribution in [3.05, 3.63) is 75.0 Å². The standard InChI is InChI=1S/C25H29N5O5/c1-16(18-8-6-5-7-9-18)24(32)29-11-10-20-23(21(34-4)14-22(31)30(20)13-12-29)25(33)28(3)15-19-17(2)26-35-27-19/h5-9,14,16H,10-13,15H2,1-4H3/t16-/m0/s1. The van der Waals surface area contributed by atoms with Crippen LogP contribution < -0.4 is 10.3 Å². The Hall–Kier alpha value is -3.95. The second-order valence-corrected chi connectivity index (χ2v) is 8.69. The highest BCUT2D eigenvalue weighted by Crippen LogP contribution is 2.26. The van der Waals surface area contributed by atoms with Crippen LogP contribution in [0.1, 0.15) is 45.8 Å². The first kappa shape index (κ1) is 24.2. The van der Waals surface area contributed by atoms with Gasteiger partial charge in [-0.1, -0.05) is 40.6 Å². The molecule has 0 saturated carbocycles. The molecule has 0 aliphatic carbocycles. The first-order chi connectivity index (χ1) is 16.8. The Morgan fingerprint density at radius 1 is 1.17 bits per heavy atom. The highest BCUT2D eigenvalue weighted by molar-refractivity contribution is 5.98. The lowest BCUT2D eigenvalue weighted by molar-refractivity contribution is -0.132. The smallest absolute Gasteiger partial charge is 0.259 e. The summed E-state index contributed by atoms with van der Waals surface area (Å²) in [5.74, 6) is -0.422. The van der Waals surface area contributed by atoms with Gasteiger partial charge in [-0.25, -0.2) is 4.63 Å². The Morgan fingerprint density at radius 3 is 2.57 bits per heavy atom. The van der Waals surface area contributed by atoms with E-state index in [9.17, 15) is 14.4 Å². The summed E-state index contributed by atoms with van der Waals surface area (Å²) in [5, 5.41) is 7.61. The monoisotopic (exact) mass is 479 g/mol. The van der Waals surface area contributed by atoms with Gasteiger partial charge in [-0.05, 0) is 19.4 Å². The molecule has 1 aliphatic rings. The van der Waals surface area contributed by atoms with Gasteiger partial charge in [0.2, 0.25) is 5.91 Å². The van der Waals surface area contributed by atoms with Crippen LogP contribution in [0.25, 0.3) is 0 Å². The van der Waals surface area contributed by atoms with Crippen LogP contribution in [0.4, 0.5) is 0 Å². The van der Waals surface area contributed by atoms with Crippen LogP contribution in [0.5, 0.6) is 5.75 Å². The predicted molar refractivity (Wildman–Crippen MR) is 127 cm³/mol. The van der Waals surface area contributed by atoms with Gasteiger partial charge >= 0.3 is 0 Å². The molecule has 35 heavy (non-hydrogen) atoms. The number of rotatable bonds is 6. The van der Waals surface area contributed by atoms with Gasteiger partial charge in [0.05, 0.1) is 19.6 Å². The van der Waals surface area contributed by atoms with Crippen molar-refractivity contribution in [1.29, 1.82) is 0 Å². The third-order valence-electron chi connectivity index (χ3n) is 6.49. The minimum Gasteiger partial charge on any atom is -0.496 e. The number of methoxy groups -OCH3 is 1. The summed E-state index contributed by atoms with van der Waals surface area (Å²) in [6, 6.07) is 10.9. The molecule has 1 aliphatic heterocycles. The number of amides is 2. The fourth-order valence-corrected chi connectivity index (χ4v) is 4.40. The number of hydrogen-bond acceptors (Lipinski definition) is 7. The number of ether oxygens (including phenoxy) is 1. The molecular formula is C25H29N5O5. The van der Waals surface area contributed by atoms with Crippen molar-refractivity contribution in [2.24, 2.45) is 0 Å². The molecule has 0 bridgehead atoms. The van der Waals surface area contributed by atoms with Crippen molar-refractivity contribution < 1.29 is 19.0 Å². The highest BCUT2D eigenvalue weighted by atomic mass is 16.6. The van der Waals surface area contributed by atoms with E-state index in [0.29, 0.717) is 48.7 Å². The number of aryl methyl sites for hydroxylation is 1. The van der Waals surface area contributed by atoms with Crippen LogP contribution in [-0.4, -0.2) is 63.7 Å². The van der Waals surface area contributed by atoms with Gasteiger partial charge in [0.15, 0.2) is 0 Å². The zero-order valence-corrected chi connectivity index (χ0v) is 20.4. The maximum absolute atomic E-state index is 13.5. The molecule has 0 spiro atoms. The molecule has 4 rings (SSSR count). The summed E-state index contributed by atoms with van der Waals surface area (Å²) in [5.41, 5.74) is 2.69. The Morgan fingerprint density at radius 2 is 1.91 bits per heavy atom. The second-order valence-electron chi connectivity index (χ2n) is 8.69. The molecule has 0 unspecified atom stereocenters. The summed E-state index contributed by atoms with van der Waals surface area (Å²) in [4.78, 5) is 42.9. The molecular weight excluding hydrogens is 450 g/mol. The molecule has 0 saturated heterocycles. The number of carbonyl (C=O) groups is 2. The van der Waals surface area contributed by atoms with Crippen LogP contribution in [-0.2, 0) is 24.3 Å². The first-order valence-electron chi connectivity index (χ1n) is 11.5. The lowest BCUT2D eigenvalue weighted by Gasteiger charge is -2.24. The topological polar surface area (TPSA) is 111 Å². The van der Waals surface area contributed by atoms with Crippen molar-refractivity contribution >= 4 is 11.8 Å². The molecule has 0 N–H and O–H groups in total. The number of hydrogen-bond donors (Lipinski definition) is 0. The number of nitrogens with zero attached hydrogens (tertiary/aromatic N) is 5. The van der Waals surface area contributed by atoms with Gasteiger partial charge in [-0.2, -0.15) is 0 Å². The largest absolute Gasteiger partial charge is 0.496 e. The molecule has 0 radical (unpaired) electrons. The summed E-state index contributed by atoms with van der Waals surface area (Å²) < 4.78 is 11.8. The van der Waals surface area contributed by atoms with E-state index in [2.05, 4.69) is 10.3 Å². The highest BCUT2D eigenvalue weighted by Gasteiger charge is 2.30. The lowest BCUT2D eigenvalue weighted by atomic mass is 9.99. The third kappa shape index (κ3) is 4.82. The van der Waals surface area contributed by atoms with E-state index in [-0.39, 0.29) is 35.6 Å². The third-order valence-corrected chi connectivity index (χ3v) is 6.49. The Bertz CT molecular complexity index is 1280. The molecule has 2 amide bonds. The molecule has 2 aromatic heterocycles. The molecule has 1 atom stereocenters. The zero-order chi connectivity index (χ0) is 25.1. The van der Waals surface area contributed by atoms with Gasteiger partial charge in [0.25, 0.3) is 11.5 Å². The zero-order valence-electron chi connectivity index (χ0n) is 20.4. The van der Waals surface area contributed by atoms with E-state index in [4.69, 9.17) is 9.37 Å². The van der Waals surface area contributed by atoms with Crippen molar-refractivity contribution in [3.8, 4) is 5.75 Å². The van der Waals surface area contributed by atoms with Crippen LogP contribution in [0.2, 0.25) is 0 Å². The Kier molecular flexibility index (Phi) is 6.99. The first-order valence-corrected chi connectivity index (χ1v) is 11.5. The van der Waals surface area contributed by atoms with Crippen LogP contribution in [0.3, 0.4) is 0 Å². The molecule has 10 nitrogen and oxygen atoms in total. The predicted octanol–water partition coefficient (Wildman–Crippen LogP) is 2.01. The summed E-state index contributed by atoms with van der Waals surface area (Å²) >= 11 is 0. The van der Waals surface area contributed by atoms with E-state index in [1.165, 1.54) is 18.1 Å². The van der Waals surface area contributed by atoms with E-state index in [1.807, 2.05) is 37.3 Å². The van der Waals surface area contributed by atoms with E-state index in [1.54, 1.807) is 23.4 Å². The minimum absolute atomic E-state index is 0.0111. The molecule has 3 heterocycles. The number of aromatic nitrogens is 3. The molecule has 184 valence electrons. The fourth-order valence-electron chi connectivity index (χ4n) is 4.40. The number of fused-ring (bicyclic) bond motifs is 1. The molecule has 0 fully saturated rings. The maximum Gasteiger partial charge on any atom is 0.259 e. The van der Waals surface area contributed by atoms with Gasteiger partial charge in [-0.15, -0.1) is 0 Å². The van der Waals surface area contributed by atoms with Gasteiger partial charge < -0.3 is 19.1 Å². The number of pyridine rings is 1. The van der Waals surface area contributed by atoms with E-state index >= 15 is 0 Å². The van der Waals surface area contributed by atoms with E-state index in [0.717, 1.165) is 5.56 Å². The maximum atomic E-state index is 13.5. The quantitative estimate of drug-likeness (QED) is 0.532. The molecule has 3 aromatic rings. The summed E-state index contributed by atoms with van der Waals surface area (Å²) in [7, 11) is 3.08. The van der Waals surface area contributed by atoms with Gasteiger partial charge in [-0.3, -0.25) is 14.4 Å². The SMILES string of the molecule is COc1cc(=O)n2c(c1C(=O)N(C)Cc1nonc1C)CCN(C(=O)[C@@H](C)c1ccccc1)CC2. The number of carbonyl (C=O) groups excluding carboxylic acids is 2. The molecule has 1 aromatic carbocycles. The Balaban J connectivity index is 1.62. The Labute approximate surface area is 203 Å². The van der Waals surface area contributed by atoms with E-state index < -0.39 is 0 Å². The average molecular weight is 480 g/mol. The van der Waals surface area contributed by atoms with Crippen LogP contribution in [0.15, 0.2) is 45.8 Å². The normalized spacial score (nSPS) is 14.1. The van der Waals surface area contributed by atoms with Gasteiger partial charge in [0.1, 0.15) is 22.7 Å². The summed E-state index contributed by atoms with van der Waals surface area (Å²) in [6.07, 6.45) is 0.346. The summed E-state index contributed by atoms with van der Waals surface area (Å²) in [6.45, 7) is 4.88. The second kappa shape index (κ2) is 10.1. The van der Waals surface area contributed by atoms with Crippen molar-refractivity contribution in [1.82, 2.24) is 24.7 Å². The number of benzene rings is 1. The van der Waals surface area contributed by atoms with Crippen LogP contribution in [0, 0.1) is 6.92 Å². The van der Waals surface area contributed by atoms with Crippen molar-refractivity contribution in [2.75, 3.05) is 27.2 Å². The average Bonchev–Trinajstić information content (AvgIpc) is 3.13. The fraction of sp³-hybridized carbons (Fsp3) is 0.400. The lowest BCUT2D eigenvalue weighted by Crippen LogP contribution is -2.36. The van der Waals surface area contributed by atoms with Gasteiger partial charge in [0, 0.05) is 44.9 Å². The van der Waals surface area contributed by atoms with Crippen LogP contribution >= 0.6 is 0 Å².